The molecule has 0 bridgehead atoms. The summed E-state index contributed by atoms with van der Waals surface area (Å²) in [5.74, 6) is -0.629. The molecule has 0 spiro atoms. The van der Waals surface area contributed by atoms with Gasteiger partial charge in [-0.05, 0) is 17.7 Å². The first-order valence-corrected chi connectivity index (χ1v) is 5.15. The molecule has 0 saturated heterocycles. The largest absolute Gasteiger partial charge is 0.508 e. The molecule has 5 heteroatoms. The number of phenols is 1. The molecule has 0 aliphatic rings. The number of amides is 1. The van der Waals surface area contributed by atoms with Gasteiger partial charge in [-0.3, -0.25) is 4.79 Å². The first-order valence-electron chi connectivity index (χ1n) is 5.15. The number of carbonyl (C=O) groups excluding carboxylic acids is 2. The van der Waals surface area contributed by atoms with Gasteiger partial charge in [0, 0.05) is 13.3 Å². The number of hydrogen-bond acceptors (Lipinski definition) is 4. The van der Waals surface area contributed by atoms with Crippen molar-refractivity contribution in [2.75, 3.05) is 7.11 Å². The molecule has 5 nitrogen and oxygen atoms in total. The molecule has 17 heavy (non-hydrogen) atoms. The highest BCUT2D eigenvalue weighted by Crippen LogP contribution is 2.11. The van der Waals surface area contributed by atoms with Gasteiger partial charge in [0.1, 0.15) is 11.8 Å². The minimum absolute atomic E-state index is 0.155. The molecule has 2 N–H and O–H groups in total. The van der Waals surface area contributed by atoms with Crippen LogP contribution in [0.4, 0.5) is 0 Å². The van der Waals surface area contributed by atoms with Crippen molar-refractivity contribution in [2.24, 2.45) is 0 Å². The zero-order valence-corrected chi connectivity index (χ0v) is 9.77. The molecule has 1 aromatic carbocycles. The Kier molecular flexibility index (Phi) is 4.51. The average Bonchev–Trinajstić information content (AvgIpc) is 2.29. The number of rotatable bonds is 4. The summed E-state index contributed by atoms with van der Waals surface area (Å²) < 4.78 is 4.61. The minimum atomic E-state index is -0.706. The molecule has 92 valence electrons. The van der Waals surface area contributed by atoms with Gasteiger partial charge in [-0.1, -0.05) is 12.1 Å². The van der Waals surface area contributed by atoms with Crippen LogP contribution in [0, 0.1) is 0 Å². The normalized spacial score (nSPS) is 11.6. The highest BCUT2D eigenvalue weighted by atomic mass is 16.5. The van der Waals surface area contributed by atoms with Crippen molar-refractivity contribution in [1.29, 1.82) is 0 Å². The second kappa shape index (κ2) is 5.89. The first kappa shape index (κ1) is 13.0. The third-order valence-electron chi connectivity index (χ3n) is 2.24. The Labute approximate surface area is 99.4 Å². The number of nitrogens with one attached hydrogen (secondary N) is 1. The molecule has 1 amide bonds. The molecule has 1 atom stereocenters. The van der Waals surface area contributed by atoms with E-state index in [9.17, 15) is 9.59 Å². The van der Waals surface area contributed by atoms with Crippen molar-refractivity contribution in [3.05, 3.63) is 29.8 Å². The topological polar surface area (TPSA) is 75.6 Å². The second-order valence-electron chi connectivity index (χ2n) is 3.65. The molecule has 0 aliphatic heterocycles. The van der Waals surface area contributed by atoms with Gasteiger partial charge < -0.3 is 15.2 Å². The molecule has 0 saturated carbocycles. The summed E-state index contributed by atoms with van der Waals surface area (Å²) in [4.78, 5) is 22.4. The van der Waals surface area contributed by atoms with Crippen molar-refractivity contribution >= 4 is 11.9 Å². The fourth-order valence-electron chi connectivity index (χ4n) is 1.45. The number of carbonyl (C=O) groups is 2. The van der Waals surface area contributed by atoms with Gasteiger partial charge in [0.25, 0.3) is 0 Å². The number of phenolic OH excluding ortho intramolecular Hbond substituents is 1. The highest BCUT2D eigenvalue weighted by Gasteiger charge is 2.20. The lowest BCUT2D eigenvalue weighted by molar-refractivity contribution is -0.144. The Morgan fingerprint density at radius 2 is 1.94 bits per heavy atom. The predicted molar refractivity (Wildman–Crippen MR) is 61.4 cm³/mol. The van der Waals surface area contributed by atoms with Gasteiger partial charge in [-0.25, -0.2) is 4.79 Å². The molecule has 0 aliphatic carbocycles. The van der Waals surface area contributed by atoms with E-state index in [1.165, 1.54) is 26.2 Å². The molecular weight excluding hydrogens is 222 g/mol. The molecule has 0 aromatic heterocycles. The standard InChI is InChI=1S/C12H15NO4/c1-8(14)13-11(12(16)17-2)7-9-3-5-10(15)6-4-9/h3-6,11,15H,7H2,1-2H3,(H,13,14)/t11-/m1/s1. The molecule has 1 aromatic rings. The fourth-order valence-corrected chi connectivity index (χ4v) is 1.45. The Morgan fingerprint density at radius 3 is 2.41 bits per heavy atom. The Balaban J connectivity index is 2.75. The summed E-state index contributed by atoms with van der Waals surface area (Å²) in [6.07, 6.45) is 0.326. The third-order valence-corrected chi connectivity index (χ3v) is 2.24. The minimum Gasteiger partial charge on any atom is -0.508 e. The van der Waals surface area contributed by atoms with Crippen LogP contribution in [0.1, 0.15) is 12.5 Å². The Morgan fingerprint density at radius 1 is 1.35 bits per heavy atom. The van der Waals surface area contributed by atoms with E-state index in [4.69, 9.17) is 5.11 Å². The molecule has 0 unspecified atom stereocenters. The quantitative estimate of drug-likeness (QED) is 0.752. The van der Waals surface area contributed by atoms with Gasteiger partial charge in [-0.2, -0.15) is 0 Å². The fraction of sp³-hybridized carbons (Fsp3) is 0.333. The van der Waals surface area contributed by atoms with Gasteiger partial charge in [0.15, 0.2) is 0 Å². The average molecular weight is 237 g/mol. The van der Waals surface area contributed by atoms with Crippen LogP contribution in [0.25, 0.3) is 0 Å². The third kappa shape index (κ3) is 4.14. The summed E-state index contributed by atoms with van der Waals surface area (Å²) in [6, 6.07) is 5.72. The number of ether oxygens (including phenoxy) is 1. The van der Waals surface area contributed by atoms with E-state index in [0.29, 0.717) is 6.42 Å². The molecular formula is C12H15NO4. The van der Waals surface area contributed by atoms with E-state index in [2.05, 4.69) is 10.1 Å². The van der Waals surface area contributed by atoms with E-state index in [0.717, 1.165) is 5.56 Å². The lowest BCUT2D eigenvalue weighted by Crippen LogP contribution is -2.41. The van der Waals surface area contributed by atoms with Gasteiger partial charge in [0.05, 0.1) is 7.11 Å². The maximum Gasteiger partial charge on any atom is 0.328 e. The van der Waals surface area contributed by atoms with Crippen LogP contribution in [0.2, 0.25) is 0 Å². The molecule has 1 rings (SSSR count). The Hall–Kier alpha value is -2.04. The van der Waals surface area contributed by atoms with Crippen LogP contribution in [0.15, 0.2) is 24.3 Å². The number of benzene rings is 1. The predicted octanol–water partition coefficient (Wildman–Crippen LogP) is 0.612. The summed E-state index contributed by atoms with van der Waals surface area (Å²) >= 11 is 0. The number of hydrogen-bond donors (Lipinski definition) is 2. The monoisotopic (exact) mass is 237 g/mol. The Bertz CT molecular complexity index is 399. The summed E-state index contributed by atoms with van der Waals surface area (Å²) in [5.41, 5.74) is 0.826. The van der Waals surface area contributed by atoms with Crippen LogP contribution >= 0.6 is 0 Å². The van der Waals surface area contributed by atoms with Crippen molar-refractivity contribution in [2.45, 2.75) is 19.4 Å². The zero-order valence-electron chi connectivity index (χ0n) is 9.77. The SMILES string of the molecule is COC(=O)[C@@H](Cc1ccc(O)cc1)NC(C)=O. The number of methoxy groups -OCH3 is 1. The van der Waals surface area contributed by atoms with Crippen molar-refractivity contribution in [3.63, 3.8) is 0 Å². The van der Waals surface area contributed by atoms with E-state index in [-0.39, 0.29) is 11.7 Å². The smallest absolute Gasteiger partial charge is 0.328 e. The van der Waals surface area contributed by atoms with E-state index in [1.54, 1.807) is 12.1 Å². The van der Waals surface area contributed by atoms with Gasteiger partial charge >= 0.3 is 5.97 Å². The maximum atomic E-state index is 11.4. The summed E-state index contributed by atoms with van der Waals surface area (Å²) in [5, 5.41) is 11.6. The zero-order chi connectivity index (χ0) is 12.8. The van der Waals surface area contributed by atoms with E-state index in [1.807, 2.05) is 0 Å². The highest BCUT2D eigenvalue weighted by molar-refractivity contribution is 5.83. The lowest BCUT2D eigenvalue weighted by atomic mass is 10.1. The van der Waals surface area contributed by atoms with Crippen LogP contribution in [0.3, 0.4) is 0 Å². The van der Waals surface area contributed by atoms with Gasteiger partial charge in [-0.15, -0.1) is 0 Å². The van der Waals surface area contributed by atoms with Crippen molar-refractivity contribution < 1.29 is 19.4 Å². The van der Waals surface area contributed by atoms with E-state index >= 15 is 0 Å². The number of aromatic hydroxyl groups is 1. The summed E-state index contributed by atoms with van der Waals surface area (Å²) in [6.45, 7) is 1.34. The maximum absolute atomic E-state index is 11.4. The van der Waals surface area contributed by atoms with Crippen LogP contribution < -0.4 is 5.32 Å². The van der Waals surface area contributed by atoms with Crippen LogP contribution in [-0.2, 0) is 20.7 Å². The van der Waals surface area contributed by atoms with Crippen LogP contribution in [0.5, 0.6) is 5.75 Å². The van der Waals surface area contributed by atoms with Gasteiger partial charge in [0.2, 0.25) is 5.91 Å². The number of esters is 1. The molecule has 0 heterocycles. The molecule has 0 radical (unpaired) electrons. The van der Waals surface area contributed by atoms with Crippen molar-refractivity contribution in [1.82, 2.24) is 5.32 Å². The molecule has 0 fully saturated rings. The lowest BCUT2D eigenvalue weighted by Gasteiger charge is -2.15. The van der Waals surface area contributed by atoms with E-state index < -0.39 is 12.0 Å². The van der Waals surface area contributed by atoms with Crippen LogP contribution in [-0.4, -0.2) is 30.1 Å². The summed E-state index contributed by atoms with van der Waals surface area (Å²) in [7, 11) is 1.27. The second-order valence-corrected chi connectivity index (χ2v) is 3.65. The first-order chi connectivity index (χ1) is 8.02. The van der Waals surface area contributed by atoms with Crippen molar-refractivity contribution in [3.8, 4) is 5.75 Å².